The standard InChI is InChI=1S/C26H31FN8O4/c1-16-15-39-24-21-17(13-19(27)22(24)34-7-5-32(2)6-8-34)23(36)18(14-35(16)21)25(37)30-31-26-28-4-3-20(29-26)33-9-11-38-12-10-33/h3-4,13-14,16H,5-12,15H2,1-2H3,(H,30,37)(H,28,29,31)/t16-/m0/s1. The molecule has 0 saturated carbocycles. The molecule has 3 aliphatic heterocycles. The fourth-order valence-corrected chi connectivity index (χ4v) is 5.26. The molecular weight excluding hydrogens is 507 g/mol. The number of carbonyl (C=O) groups excluding carboxylic acids is 1. The van der Waals surface area contributed by atoms with Crippen LogP contribution < -0.4 is 30.8 Å². The van der Waals surface area contributed by atoms with Gasteiger partial charge in [0.1, 0.15) is 23.7 Å². The van der Waals surface area contributed by atoms with Crippen molar-refractivity contribution in [3.63, 3.8) is 0 Å². The van der Waals surface area contributed by atoms with Crippen molar-refractivity contribution in [2.24, 2.45) is 0 Å². The predicted molar refractivity (Wildman–Crippen MR) is 144 cm³/mol. The van der Waals surface area contributed by atoms with Gasteiger partial charge in [0.15, 0.2) is 11.6 Å². The number of benzene rings is 1. The summed E-state index contributed by atoms with van der Waals surface area (Å²) in [6.45, 7) is 7.74. The highest BCUT2D eigenvalue weighted by atomic mass is 19.1. The molecule has 1 atom stereocenters. The number of carbonyl (C=O) groups is 1. The Bertz CT molecular complexity index is 1470. The van der Waals surface area contributed by atoms with E-state index in [0.29, 0.717) is 62.2 Å². The molecule has 2 saturated heterocycles. The zero-order chi connectivity index (χ0) is 27.1. The lowest BCUT2D eigenvalue weighted by molar-refractivity contribution is 0.0960. The van der Waals surface area contributed by atoms with Crippen molar-refractivity contribution in [2.75, 3.05) is 81.4 Å². The number of hydrogen-bond donors (Lipinski definition) is 2. The average molecular weight is 539 g/mol. The second-order valence-corrected chi connectivity index (χ2v) is 10.1. The largest absolute Gasteiger partial charge is 0.487 e. The summed E-state index contributed by atoms with van der Waals surface area (Å²) in [5.74, 6) is 0.0250. The molecule has 2 aromatic heterocycles. The van der Waals surface area contributed by atoms with Gasteiger partial charge < -0.3 is 28.7 Å². The topological polar surface area (TPSA) is 117 Å². The summed E-state index contributed by atoms with van der Waals surface area (Å²) in [7, 11) is 2.03. The minimum Gasteiger partial charge on any atom is -0.487 e. The predicted octanol–water partition coefficient (Wildman–Crippen LogP) is 1.23. The van der Waals surface area contributed by atoms with Gasteiger partial charge in [-0.15, -0.1) is 0 Å². The number of hydrogen-bond acceptors (Lipinski definition) is 10. The van der Waals surface area contributed by atoms with Crippen molar-refractivity contribution in [1.82, 2.24) is 24.9 Å². The van der Waals surface area contributed by atoms with Gasteiger partial charge in [-0.1, -0.05) is 0 Å². The maximum absolute atomic E-state index is 15.6. The van der Waals surface area contributed by atoms with Crippen molar-refractivity contribution in [3.05, 3.63) is 46.1 Å². The van der Waals surface area contributed by atoms with E-state index in [1.807, 2.05) is 23.4 Å². The van der Waals surface area contributed by atoms with Crippen LogP contribution in [0.3, 0.4) is 0 Å². The number of ether oxygens (including phenoxy) is 2. The molecule has 0 spiro atoms. The van der Waals surface area contributed by atoms with Crippen molar-refractivity contribution in [2.45, 2.75) is 13.0 Å². The summed E-state index contributed by atoms with van der Waals surface area (Å²) in [5.41, 5.74) is 5.40. The van der Waals surface area contributed by atoms with Crippen LogP contribution in [0.15, 0.2) is 29.3 Å². The van der Waals surface area contributed by atoms with Crippen LogP contribution >= 0.6 is 0 Å². The lowest BCUT2D eigenvalue weighted by Gasteiger charge is -2.37. The molecule has 0 unspecified atom stereocenters. The Morgan fingerprint density at radius 3 is 2.67 bits per heavy atom. The van der Waals surface area contributed by atoms with E-state index in [1.165, 1.54) is 12.3 Å². The Kier molecular flexibility index (Phi) is 6.69. The molecule has 0 bridgehead atoms. The number of halogens is 1. The summed E-state index contributed by atoms with van der Waals surface area (Å²) >= 11 is 0. The van der Waals surface area contributed by atoms with Gasteiger partial charge in [-0.2, -0.15) is 4.98 Å². The van der Waals surface area contributed by atoms with Gasteiger partial charge in [0.25, 0.3) is 5.91 Å². The highest BCUT2D eigenvalue weighted by Crippen LogP contribution is 2.42. The van der Waals surface area contributed by atoms with E-state index < -0.39 is 17.2 Å². The molecule has 1 aromatic carbocycles. The van der Waals surface area contributed by atoms with Crippen molar-refractivity contribution < 1.29 is 18.7 Å². The zero-order valence-electron chi connectivity index (χ0n) is 21.9. The van der Waals surface area contributed by atoms with E-state index in [1.54, 1.807) is 12.3 Å². The van der Waals surface area contributed by atoms with Gasteiger partial charge in [-0.3, -0.25) is 20.4 Å². The molecule has 2 fully saturated rings. The molecule has 2 N–H and O–H groups in total. The van der Waals surface area contributed by atoms with E-state index in [4.69, 9.17) is 9.47 Å². The second kappa shape index (κ2) is 10.3. The van der Waals surface area contributed by atoms with E-state index in [9.17, 15) is 9.59 Å². The van der Waals surface area contributed by atoms with E-state index in [0.717, 1.165) is 13.1 Å². The first-order chi connectivity index (χ1) is 18.9. The van der Waals surface area contributed by atoms with Gasteiger partial charge >= 0.3 is 0 Å². The van der Waals surface area contributed by atoms with Crippen molar-refractivity contribution >= 4 is 34.3 Å². The minimum atomic E-state index is -0.671. The van der Waals surface area contributed by atoms with Crippen LogP contribution in [-0.4, -0.2) is 91.5 Å². The molecule has 3 aliphatic rings. The van der Waals surface area contributed by atoms with Crippen LogP contribution in [0.1, 0.15) is 23.3 Å². The molecule has 0 aliphatic carbocycles. The third-order valence-electron chi connectivity index (χ3n) is 7.47. The number of aromatic nitrogens is 3. The number of hydrazine groups is 1. The van der Waals surface area contributed by atoms with Crippen LogP contribution in [0, 0.1) is 5.82 Å². The second-order valence-electron chi connectivity index (χ2n) is 10.1. The number of nitrogens with zero attached hydrogens (tertiary/aromatic N) is 6. The fourth-order valence-electron chi connectivity index (χ4n) is 5.26. The number of anilines is 3. The third-order valence-corrected chi connectivity index (χ3v) is 7.47. The molecule has 13 heteroatoms. The SMILES string of the molecule is C[C@H]1COc2c(N3CCN(C)CC3)c(F)cc3c(=O)c(C(=O)NNc4nccc(N5CCOCC5)n4)cn1c23. The summed E-state index contributed by atoms with van der Waals surface area (Å²) in [4.78, 5) is 41.5. The van der Waals surface area contributed by atoms with E-state index in [-0.39, 0.29) is 29.5 Å². The Balaban J connectivity index is 1.30. The van der Waals surface area contributed by atoms with Gasteiger partial charge in [-0.05, 0) is 26.1 Å². The highest BCUT2D eigenvalue weighted by molar-refractivity contribution is 6.00. The van der Waals surface area contributed by atoms with Gasteiger partial charge in [0.05, 0.1) is 30.2 Å². The van der Waals surface area contributed by atoms with Crippen LogP contribution in [0.4, 0.5) is 21.8 Å². The zero-order valence-corrected chi connectivity index (χ0v) is 21.9. The van der Waals surface area contributed by atoms with Gasteiger partial charge in [0, 0.05) is 51.7 Å². The summed E-state index contributed by atoms with van der Waals surface area (Å²) in [5, 5.41) is 0.102. The molecule has 12 nitrogen and oxygen atoms in total. The minimum absolute atomic E-state index is 0.102. The maximum atomic E-state index is 15.6. The lowest BCUT2D eigenvalue weighted by atomic mass is 10.0. The average Bonchev–Trinajstić information content (AvgIpc) is 2.96. The number of morpholine rings is 1. The maximum Gasteiger partial charge on any atom is 0.275 e. The first-order valence-electron chi connectivity index (χ1n) is 13.1. The fraction of sp³-hybridized carbons (Fsp3) is 0.462. The van der Waals surface area contributed by atoms with Crippen LogP contribution in [0.2, 0.25) is 0 Å². The molecule has 206 valence electrons. The number of pyridine rings is 1. The normalized spacial score (nSPS) is 19.6. The van der Waals surface area contributed by atoms with Crippen LogP contribution in [0.25, 0.3) is 10.9 Å². The highest BCUT2D eigenvalue weighted by Gasteiger charge is 2.31. The van der Waals surface area contributed by atoms with Gasteiger partial charge in [-0.25, -0.2) is 9.37 Å². The number of nitrogens with one attached hydrogen (secondary N) is 2. The molecule has 5 heterocycles. The van der Waals surface area contributed by atoms with E-state index in [2.05, 4.69) is 30.6 Å². The van der Waals surface area contributed by atoms with Crippen molar-refractivity contribution in [3.8, 4) is 5.75 Å². The summed E-state index contributed by atoms with van der Waals surface area (Å²) in [6.07, 6.45) is 3.11. The molecule has 1 amide bonds. The molecule has 39 heavy (non-hydrogen) atoms. The first-order valence-corrected chi connectivity index (χ1v) is 13.1. The van der Waals surface area contributed by atoms with Crippen LogP contribution in [0.5, 0.6) is 5.75 Å². The van der Waals surface area contributed by atoms with Gasteiger partial charge in [0.2, 0.25) is 11.4 Å². The Morgan fingerprint density at radius 2 is 1.90 bits per heavy atom. The van der Waals surface area contributed by atoms with Crippen LogP contribution in [-0.2, 0) is 4.74 Å². The molecule has 0 radical (unpaired) electrons. The number of piperazine rings is 1. The Labute approximate surface area is 224 Å². The lowest BCUT2D eigenvalue weighted by Crippen LogP contribution is -2.45. The Hall–Kier alpha value is -3.97. The number of rotatable bonds is 5. The molecule has 3 aromatic rings. The third kappa shape index (κ3) is 4.72. The van der Waals surface area contributed by atoms with E-state index >= 15 is 4.39 Å². The summed E-state index contributed by atoms with van der Waals surface area (Å²) < 4.78 is 28.8. The first kappa shape index (κ1) is 25.3. The number of likely N-dealkylation sites (N-methyl/N-ethyl adjacent to an activating group) is 1. The molecule has 6 rings (SSSR count). The Morgan fingerprint density at radius 1 is 1.13 bits per heavy atom. The monoisotopic (exact) mass is 538 g/mol. The quantitative estimate of drug-likeness (QED) is 0.460. The summed E-state index contributed by atoms with van der Waals surface area (Å²) in [6, 6.07) is 2.84. The van der Waals surface area contributed by atoms with Crippen molar-refractivity contribution in [1.29, 1.82) is 0 Å². The molecular formula is C26H31FN8O4. The number of amides is 1. The smallest absolute Gasteiger partial charge is 0.275 e.